The Balaban J connectivity index is 1.98. The average molecular weight is 363 g/mol. The van der Waals surface area contributed by atoms with E-state index in [1.807, 2.05) is 6.20 Å². The van der Waals surface area contributed by atoms with Crippen molar-refractivity contribution in [2.45, 2.75) is 6.92 Å². The van der Waals surface area contributed by atoms with Gasteiger partial charge in [0.25, 0.3) is 0 Å². The Morgan fingerprint density at radius 2 is 2.00 bits per heavy atom. The van der Waals surface area contributed by atoms with Gasteiger partial charge in [-0.15, -0.1) is 0 Å². The molecule has 2 heterocycles. The minimum absolute atomic E-state index is 1.06. The fourth-order valence-electron chi connectivity index (χ4n) is 2.02. The highest BCUT2D eigenvalue weighted by molar-refractivity contribution is 9.10. The molecule has 0 spiro atoms. The fourth-order valence-corrected chi connectivity index (χ4v) is 2.74. The van der Waals surface area contributed by atoms with Gasteiger partial charge in [-0.3, -0.25) is 4.90 Å². The van der Waals surface area contributed by atoms with Crippen molar-refractivity contribution < 1.29 is 0 Å². The second-order valence-electron chi connectivity index (χ2n) is 4.31. The Kier molecular flexibility index (Phi) is 4.82. The third-order valence-electron chi connectivity index (χ3n) is 3.13. The first-order valence-electron chi connectivity index (χ1n) is 5.86. The Bertz CT molecular complexity index is 376. The number of anilines is 1. The summed E-state index contributed by atoms with van der Waals surface area (Å²) in [7, 11) is 0. The van der Waals surface area contributed by atoms with Gasteiger partial charge in [0.15, 0.2) is 0 Å². The van der Waals surface area contributed by atoms with Crippen molar-refractivity contribution in [2.75, 3.05) is 43.0 Å². The molecule has 1 saturated heterocycles. The van der Waals surface area contributed by atoms with Gasteiger partial charge < -0.3 is 4.90 Å². The molecular weight excluding hydrogens is 346 g/mol. The summed E-state index contributed by atoms with van der Waals surface area (Å²) in [5.74, 6) is 1.10. The highest BCUT2D eigenvalue weighted by Gasteiger charge is 2.17. The first-order valence-corrected chi connectivity index (χ1v) is 7.77. The molecule has 2 rings (SSSR count). The lowest BCUT2D eigenvalue weighted by molar-refractivity contribution is 0.273. The number of pyridine rings is 1. The number of piperazine rings is 1. The normalized spacial score (nSPS) is 17.5. The monoisotopic (exact) mass is 361 g/mol. The zero-order valence-electron chi connectivity index (χ0n) is 9.99. The van der Waals surface area contributed by atoms with Crippen LogP contribution in [-0.2, 0) is 0 Å². The quantitative estimate of drug-likeness (QED) is 0.770. The molecule has 1 aliphatic heterocycles. The molecule has 3 nitrogen and oxygen atoms in total. The molecule has 0 radical (unpaired) electrons. The van der Waals surface area contributed by atoms with Crippen LogP contribution < -0.4 is 4.90 Å². The third-order valence-corrected chi connectivity index (χ3v) is 4.31. The molecule has 0 amide bonds. The largest absolute Gasteiger partial charge is 0.354 e. The summed E-state index contributed by atoms with van der Waals surface area (Å²) in [4.78, 5) is 9.33. The molecule has 0 atom stereocenters. The highest BCUT2D eigenvalue weighted by Crippen LogP contribution is 2.20. The van der Waals surface area contributed by atoms with Crippen molar-refractivity contribution in [3.8, 4) is 0 Å². The second-order valence-corrected chi connectivity index (χ2v) is 5.96. The molecule has 0 unspecified atom stereocenters. The van der Waals surface area contributed by atoms with Gasteiger partial charge >= 0.3 is 0 Å². The molecule has 0 bridgehead atoms. The van der Waals surface area contributed by atoms with Gasteiger partial charge in [0.1, 0.15) is 5.82 Å². The molecule has 1 aliphatic rings. The average Bonchev–Trinajstić information content (AvgIpc) is 2.34. The number of nitrogens with zero attached hydrogens (tertiary/aromatic N) is 3. The number of rotatable bonds is 3. The van der Waals surface area contributed by atoms with Gasteiger partial charge in [-0.1, -0.05) is 15.9 Å². The Morgan fingerprint density at radius 1 is 1.29 bits per heavy atom. The van der Waals surface area contributed by atoms with E-state index in [0.717, 1.165) is 48.3 Å². The Hall–Kier alpha value is -0.130. The van der Waals surface area contributed by atoms with Crippen LogP contribution in [0.2, 0.25) is 0 Å². The van der Waals surface area contributed by atoms with E-state index in [1.54, 1.807) is 0 Å². The lowest BCUT2D eigenvalue weighted by Gasteiger charge is -2.35. The van der Waals surface area contributed by atoms with Crippen LogP contribution in [0.5, 0.6) is 0 Å². The van der Waals surface area contributed by atoms with Gasteiger partial charge in [-0.25, -0.2) is 4.98 Å². The fraction of sp³-hybridized carbons (Fsp3) is 0.583. The van der Waals surface area contributed by atoms with E-state index >= 15 is 0 Å². The summed E-state index contributed by atoms with van der Waals surface area (Å²) in [6.07, 6.45) is 1.90. The van der Waals surface area contributed by atoms with Crippen LogP contribution in [0.15, 0.2) is 16.7 Å². The molecule has 17 heavy (non-hydrogen) atoms. The summed E-state index contributed by atoms with van der Waals surface area (Å²) in [6, 6.07) is 2.16. The van der Waals surface area contributed by atoms with Gasteiger partial charge in [0.2, 0.25) is 0 Å². The van der Waals surface area contributed by atoms with E-state index < -0.39 is 0 Å². The van der Waals surface area contributed by atoms with E-state index in [2.05, 4.69) is 59.6 Å². The van der Waals surface area contributed by atoms with Crippen LogP contribution in [0.25, 0.3) is 0 Å². The number of hydrogen-bond donors (Lipinski definition) is 0. The van der Waals surface area contributed by atoms with Crippen LogP contribution in [0.1, 0.15) is 5.56 Å². The molecule has 0 saturated carbocycles. The number of halogens is 2. The summed E-state index contributed by atoms with van der Waals surface area (Å²) >= 11 is 6.98. The van der Waals surface area contributed by atoms with E-state index in [-0.39, 0.29) is 0 Å². The maximum Gasteiger partial charge on any atom is 0.128 e. The van der Waals surface area contributed by atoms with Crippen molar-refractivity contribution in [1.29, 1.82) is 0 Å². The Morgan fingerprint density at radius 3 is 2.59 bits per heavy atom. The van der Waals surface area contributed by atoms with Crippen molar-refractivity contribution in [3.63, 3.8) is 0 Å². The first-order chi connectivity index (χ1) is 8.20. The lowest BCUT2D eigenvalue weighted by Crippen LogP contribution is -2.47. The summed E-state index contributed by atoms with van der Waals surface area (Å²) < 4.78 is 1.08. The maximum absolute atomic E-state index is 4.49. The molecule has 94 valence electrons. The van der Waals surface area contributed by atoms with E-state index in [9.17, 15) is 0 Å². The van der Waals surface area contributed by atoms with Gasteiger partial charge in [0, 0.05) is 48.7 Å². The number of alkyl halides is 1. The van der Waals surface area contributed by atoms with Crippen LogP contribution in [0.3, 0.4) is 0 Å². The van der Waals surface area contributed by atoms with Gasteiger partial charge in [-0.05, 0) is 34.5 Å². The minimum atomic E-state index is 1.06. The predicted molar refractivity (Wildman–Crippen MR) is 79.1 cm³/mol. The van der Waals surface area contributed by atoms with Crippen molar-refractivity contribution in [2.24, 2.45) is 0 Å². The summed E-state index contributed by atoms with van der Waals surface area (Å²) in [5.41, 5.74) is 1.25. The molecule has 1 fully saturated rings. The molecule has 0 aliphatic carbocycles. The van der Waals surface area contributed by atoms with Crippen LogP contribution >= 0.6 is 31.9 Å². The van der Waals surface area contributed by atoms with Crippen LogP contribution in [-0.4, -0.2) is 47.9 Å². The first kappa shape index (κ1) is 13.3. The van der Waals surface area contributed by atoms with Crippen molar-refractivity contribution in [1.82, 2.24) is 9.88 Å². The zero-order chi connectivity index (χ0) is 12.3. The van der Waals surface area contributed by atoms with Gasteiger partial charge in [-0.2, -0.15) is 0 Å². The van der Waals surface area contributed by atoms with Crippen LogP contribution in [0, 0.1) is 6.92 Å². The van der Waals surface area contributed by atoms with Crippen molar-refractivity contribution >= 4 is 37.7 Å². The topological polar surface area (TPSA) is 19.4 Å². The second kappa shape index (κ2) is 6.16. The van der Waals surface area contributed by atoms with E-state index in [4.69, 9.17) is 0 Å². The standard InChI is InChI=1S/C12H17Br2N3/c1-10-8-12(15-9-11(10)14)17-6-4-16(3-2-13)5-7-17/h8-9H,2-7H2,1H3. The smallest absolute Gasteiger partial charge is 0.128 e. The highest BCUT2D eigenvalue weighted by atomic mass is 79.9. The van der Waals surface area contributed by atoms with Gasteiger partial charge in [0.05, 0.1) is 0 Å². The SMILES string of the molecule is Cc1cc(N2CCN(CCBr)CC2)ncc1Br. The maximum atomic E-state index is 4.49. The summed E-state index contributed by atoms with van der Waals surface area (Å²) in [5, 5.41) is 1.06. The predicted octanol–water partition coefficient (Wildman–Crippen LogP) is 2.67. The molecule has 0 N–H and O–H groups in total. The molecular formula is C12H17Br2N3. The van der Waals surface area contributed by atoms with E-state index in [1.165, 1.54) is 5.56 Å². The third kappa shape index (κ3) is 3.42. The number of aromatic nitrogens is 1. The van der Waals surface area contributed by atoms with Crippen molar-refractivity contribution in [3.05, 3.63) is 22.3 Å². The molecule has 1 aromatic rings. The Labute approximate surface area is 119 Å². The molecule has 1 aromatic heterocycles. The zero-order valence-corrected chi connectivity index (χ0v) is 13.2. The summed E-state index contributed by atoms with van der Waals surface area (Å²) in [6.45, 7) is 7.64. The molecule has 0 aromatic carbocycles. The number of aryl methyl sites for hydroxylation is 1. The minimum Gasteiger partial charge on any atom is -0.354 e. The lowest BCUT2D eigenvalue weighted by atomic mass is 10.2. The van der Waals surface area contributed by atoms with Crippen LogP contribution in [0.4, 0.5) is 5.82 Å². The van der Waals surface area contributed by atoms with E-state index in [0.29, 0.717) is 0 Å². The number of hydrogen-bond acceptors (Lipinski definition) is 3. The molecule has 5 heteroatoms.